The summed E-state index contributed by atoms with van der Waals surface area (Å²) in [5.41, 5.74) is -1.10. The normalized spacial score (nSPS) is 33.9. The minimum absolute atomic E-state index is 0. The quantitative estimate of drug-likeness (QED) is 0.197. The number of Topliss-reactive ketones (excluding diaryl/α,β-unsaturated/α-hetero) is 2. The molecule has 1 aromatic carbocycles. The molecule has 0 radical (unpaired) electrons. The van der Waals surface area contributed by atoms with Gasteiger partial charge in [-0.1, -0.05) is 52.0 Å². The molecule has 4 bridgehead atoms. The summed E-state index contributed by atoms with van der Waals surface area (Å²) in [6, 6.07) is 7.24. The molecule has 0 aromatic heterocycles. The zero-order valence-corrected chi connectivity index (χ0v) is 29.6. The Balaban J connectivity index is 0.00000220. The number of benzene rings is 1. The van der Waals surface area contributed by atoms with E-state index in [0.29, 0.717) is 36.8 Å². The minimum atomic E-state index is -4.58. The van der Waals surface area contributed by atoms with Gasteiger partial charge in [-0.05, 0) is 71.6 Å². The number of fused-ring (bicyclic) bond motifs is 4. The second-order valence-electron chi connectivity index (χ2n) is 12.7. The summed E-state index contributed by atoms with van der Waals surface area (Å²) in [6.07, 6.45) is 5.59. The Hall–Kier alpha value is -0.140. The fourth-order valence-corrected chi connectivity index (χ4v) is 10.7. The molecule has 4 aliphatic carbocycles. The molecule has 5 rings (SSSR count). The van der Waals surface area contributed by atoms with Crippen LogP contribution in [0.4, 0.5) is 0 Å². The first-order valence-corrected chi connectivity index (χ1v) is 16.0. The van der Waals surface area contributed by atoms with Crippen LogP contribution in [-0.2, 0) is 29.8 Å². The van der Waals surface area contributed by atoms with Gasteiger partial charge < -0.3 is 9.11 Å². The van der Waals surface area contributed by atoms with E-state index in [1.165, 1.54) is 0 Å². The van der Waals surface area contributed by atoms with Crippen molar-refractivity contribution in [2.24, 2.45) is 33.5 Å². The number of allylic oxidation sites excluding steroid dienone is 2. The van der Waals surface area contributed by atoms with E-state index < -0.39 is 53.4 Å². The van der Waals surface area contributed by atoms with E-state index in [0.717, 1.165) is 11.1 Å². The van der Waals surface area contributed by atoms with E-state index in [1.54, 1.807) is 12.2 Å². The fraction of sp³-hybridized carbons (Fsp3) is 0.571. The maximum atomic E-state index is 13.4. The van der Waals surface area contributed by atoms with Crippen LogP contribution in [-0.4, -0.2) is 49.0 Å². The first kappa shape index (κ1) is 34.4. The van der Waals surface area contributed by atoms with Crippen molar-refractivity contribution in [3.63, 3.8) is 0 Å². The summed E-state index contributed by atoms with van der Waals surface area (Å²) in [5, 5.41) is 0. The molecule has 0 saturated heterocycles. The summed E-state index contributed by atoms with van der Waals surface area (Å²) in [4.78, 5) is 26.8. The number of rotatable bonds is 6. The van der Waals surface area contributed by atoms with Crippen molar-refractivity contribution in [2.45, 2.75) is 53.4 Å². The van der Waals surface area contributed by atoms with Crippen molar-refractivity contribution in [3.05, 3.63) is 46.5 Å². The molecule has 4 aliphatic rings. The first-order chi connectivity index (χ1) is 17.3. The molecule has 0 aliphatic heterocycles. The molecule has 4 saturated carbocycles. The Labute approximate surface area is 280 Å². The average molecular weight is 607 g/mol. The summed E-state index contributed by atoms with van der Waals surface area (Å²) < 4.78 is 69.9. The summed E-state index contributed by atoms with van der Waals surface area (Å²) >= 11 is 0. The van der Waals surface area contributed by atoms with Crippen molar-refractivity contribution in [1.29, 1.82) is 0 Å². The third-order valence-corrected chi connectivity index (χ3v) is 12.2. The number of carbonyl (C=O) groups is 2. The number of hydrogen-bond acceptors (Lipinski definition) is 8. The summed E-state index contributed by atoms with van der Waals surface area (Å²) in [6.45, 7) is 7.45. The van der Waals surface area contributed by atoms with Crippen LogP contribution in [0.5, 0.6) is 0 Å². The van der Waals surface area contributed by atoms with Gasteiger partial charge in [-0.3, -0.25) is 9.59 Å². The summed E-state index contributed by atoms with van der Waals surface area (Å²) in [7, 11) is -9.17. The zero-order valence-electron chi connectivity index (χ0n) is 23.9. The Morgan fingerprint density at radius 2 is 1.00 bits per heavy atom. The predicted molar refractivity (Wildman–Crippen MR) is 139 cm³/mol. The third-order valence-electron chi connectivity index (χ3n) is 10.5. The molecular weight excluding hydrogens is 574 g/mol. The predicted octanol–water partition coefficient (Wildman–Crippen LogP) is -2.44. The van der Waals surface area contributed by atoms with Gasteiger partial charge in [0.25, 0.3) is 0 Å². The van der Waals surface area contributed by atoms with Crippen molar-refractivity contribution in [3.8, 4) is 0 Å². The van der Waals surface area contributed by atoms with Crippen LogP contribution >= 0.6 is 0 Å². The molecular formula is C28H32Na2O8S2. The van der Waals surface area contributed by atoms with Gasteiger partial charge in [0, 0.05) is 11.1 Å². The van der Waals surface area contributed by atoms with Gasteiger partial charge in [-0.15, -0.1) is 0 Å². The fourth-order valence-electron chi connectivity index (χ4n) is 8.22. The minimum Gasteiger partial charge on any atom is -0.748 e. The zero-order chi connectivity index (χ0) is 28.1. The number of hydrogen-bond donors (Lipinski definition) is 0. The van der Waals surface area contributed by atoms with Crippen LogP contribution < -0.4 is 59.1 Å². The maximum Gasteiger partial charge on any atom is 1.00 e. The largest absolute Gasteiger partial charge is 1.00 e. The molecule has 8 nitrogen and oxygen atoms in total. The Morgan fingerprint density at radius 3 is 1.27 bits per heavy atom. The SMILES string of the molecule is CC1(C)C2CCC1(CS(=O)(=O)[O-])C(=O)/C2=C\c1ccc(/C=C2\C(=O)C3(CS(=O)(=O)[O-])CCC2C3(C)C)cc1.[Na+].[Na+]. The molecule has 206 valence electrons. The van der Waals surface area contributed by atoms with E-state index in [9.17, 15) is 35.5 Å². The van der Waals surface area contributed by atoms with Gasteiger partial charge in [-0.2, -0.15) is 0 Å². The van der Waals surface area contributed by atoms with Crippen LogP contribution in [0.1, 0.15) is 64.5 Å². The molecule has 4 atom stereocenters. The maximum absolute atomic E-state index is 13.4. The Morgan fingerprint density at radius 1 is 0.700 bits per heavy atom. The number of ketones is 2. The van der Waals surface area contributed by atoms with Gasteiger partial charge in [0.2, 0.25) is 0 Å². The van der Waals surface area contributed by atoms with Crippen LogP contribution in [0.3, 0.4) is 0 Å². The molecule has 0 heterocycles. The van der Waals surface area contributed by atoms with Crippen LogP contribution in [0, 0.1) is 33.5 Å². The number of carbonyl (C=O) groups excluding carboxylic acids is 2. The van der Waals surface area contributed by atoms with E-state index in [2.05, 4.69) is 0 Å². The second-order valence-corrected chi connectivity index (χ2v) is 15.5. The Kier molecular flexibility index (Phi) is 9.26. The molecule has 0 spiro atoms. The van der Waals surface area contributed by atoms with E-state index in [-0.39, 0.29) is 82.5 Å². The van der Waals surface area contributed by atoms with Crippen molar-refractivity contribution < 1.29 is 94.6 Å². The molecule has 4 unspecified atom stereocenters. The smallest absolute Gasteiger partial charge is 0.748 e. The standard InChI is InChI=1S/C28H34O8S2.2Na/c1-25(2)21-9-11-27(25,15-37(31,32)33)23(29)19(21)13-17-5-7-18(8-6-17)14-20-22-10-12-28(24(20)30,26(22,3)4)16-38(34,35)36;;/h5-8,13-14,21-22H,9-12,15-16H2,1-4H3,(H,31,32,33)(H,34,35,36);;/q;2*+1/p-2/b19-13-,20-14-;;. The Bertz CT molecular complexity index is 1410. The molecule has 12 heteroatoms. The van der Waals surface area contributed by atoms with Crippen molar-refractivity contribution in [1.82, 2.24) is 0 Å². The third kappa shape index (κ3) is 5.16. The van der Waals surface area contributed by atoms with Crippen molar-refractivity contribution in [2.75, 3.05) is 11.5 Å². The van der Waals surface area contributed by atoms with E-state index >= 15 is 0 Å². The molecule has 4 fully saturated rings. The molecule has 0 amide bonds. The first-order valence-electron chi connectivity index (χ1n) is 12.8. The second kappa shape index (κ2) is 10.8. The van der Waals surface area contributed by atoms with Crippen LogP contribution in [0.25, 0.3) is 12.2 Å². The molecule has 1 aromatic rings. The van der Waals surface area contributed by atoms with E-state index in [1.807, 2.05) is 52.0 Å². The van der Waals surface area contributed by atoms with Gasteiger partial charge in [0.1, 0.15) is 0 Å². The van der Waals surface area contributed by atoms with Gasteiger partial charge in [0.15, 0.2) is 11.6 Å². The van der Waals surface area contributed by atoms with Gasteiger partial charge in [-0.25, -0.2) is 16.8 Å². The summed E-state index contributed by atoms with van der Waals surface area (Å²) in [5.74, 6) is -2.18. The van der Waals surface area contributed by atoms with Crippen LogP contribution in [0.15, 0.2) is 35.4 Å². The molecule has 40 heavy (non-hydrogen) atoms. The monoisotopic (exact) mass is 606 g/mol. The molecule has 0 N–H and O–H groups in total. The van der Waals surface area contributed by atoms with Crippen molar-refractivity contribution >= 4 is 44.0 Å². The van der Waals surface area contributed by atoms with E-state index in [4.69, 9.17) is 0 Å². The average Bonchev–Trinajstić information content (AvgIpc) is 3.27. The van der Waals surface area contributed by atoms with Gasteiger partial charge >= 0.3 is 59.1 Å². The topological polar surface area (TPSA) is 149 Å². The van der Waals surface area contributed by atoms with Gasteiger partial charge in [0.05, 0.1) is 42.6 Å². The van der Waals surface area contributed by atoms with Crippen LogP contribution in [0.2, 0.25) is 0 Å².